The second kappa shape index (κ2) is 6.49. The standard InChI is InChI=1S/C13H28N2/c1-10(2)13(11(3)4)9-15-8-12-5-6-14-7-12/h10-15H,5-9H2,1-4H3. The first kappa shape index (κ1) is 13.0. The van der Waals surface area contributed by atoms with Crippen LogP contribution in [0.15, 0.2) is 0 Å². The summed E-state index contributed by atoms with van der Waals surface area (Å²) in [4.78, 5) is 0. The Hall–Kier alpha value is -0.0800. The van der Waals surface area contributed by atoms with E-state index in [1.807, 2.05) is 0 Å². The van der Waals surface area contributed by atoms with E-state index >= 15 is 0 Å². The molecule has 0 aromatic rings. The summed E-state index contributed by atoms with van der Waals surface area (Å²) in [7, 11) is 0. The topological polar surface area (TPSA) is 24.1 Å². The van der Waals surface area contributed by atoms with Crippen LogP contribution in [0.3, 0.4) is 0 Å². The molecular weight excluding hydrogens is 184 g/mol. The van der Waals surface area contributed by atoms with E-state index in [-0.39, 0.29) is 0 Å². The third kappa shape index (κ3) is 4.52. The van der Waals surface area contributed by atoms with Crippen LogP contribution in [0.1, 0.15) is 34.1 Å². The van der Waals surface area contributed by atoms with Crippen LogP contribution in [-0.2, 0) is 0 Å². The molecule has 0 aromatic carbocycles. The Morgan fingerprint density at radius 3 is 2.33 bits per heavy atom. The van der Waals surface area contributed by atoms with Gasteiger partial charge >= 0.3 is 0 Å². The summed E-state index contributed by atoms with van der Waals surface area (Å²) >= 11 is 0. The van der Waals surface area contributed by atoms with Gasteiger partial charge in [-0.2, -0.15) is 0 Å². The van der Waals surface area contributed by atoms with Crippen molar-refractivity contribution in [3.8, 4) is 0 Å². The molecule has 1 unspecified atom stereocenters. The molecule has 0 spiro atoms. The zero-order valence-corrected chi connectivity index (χ0v) is 10.8. The van der Waals surface area contributed by atoms with E-state index in [0.29, 0.717) is 0 Å². The molecule has 0 bridgehead atoms. The van der Waals surface area contributed by atoms with Gasteiger partial charge in [-0.1, -0.05) is 27.7 Å². The average molecular weight is 212 g/mol. The van der Waals surface area contributed by atoms with Crippen LogP contribution in [0, 0.1) is 23.7 Å². The Morgan fingerprint density at radius 1 is 1.20 bits per heavy atom. The lowest BCUT2D eigenvalue weighted by atomic mass is 9.85. The SMILES string of the molecule is CC(C)C(CNCC1CCNC1)C(C)C. The van der Waals surface area contributed by atoms with E-state index in [4.69, 9.17) is 0 Å². The van der Waals surface area contributed by atoms with Crippen LogP contribution in [-0.4, -0.2) is 26.2 Å². The van der Waals surface area contributed by atoms with Gasteiger partial charge in [0.2, 0.25) is 0 Å². The minimum atomic E-state index is 0.791. The molecule has 2 nitrogen and oxygen atoms in total. The van der Waals surface area contributed by atoms with Gasteiger partial charge in [0, 0.05) is 0 Å². The lowest BCUT2D eigenvalue weighted by Gasteiger charge is -2.25. The fraction of sp³-hybridized carbons (Fsp3) is 1.00. The highest BCUT2D eigenvalue weighted by Gasteiger charge is 2.18. The summed E-state index contributed by atoms with van der Waals surface area (Å²) in [5.41, 5.74) is 0. The van der Waals surface area contributed by atoms with Crippen molar-refractivity contribution in [1.29, 1.82) is 0 Å². The van der Waals surface area contributed by atoms with Crippen molar-refractivity contribution in [2.45, 2.75) is 34.1 Å². The normalized spacial score (nSPS) is 22.2. The maximum Gasteiger partial charge on any atom is -0.000778 e. The number of rotatable bonds is 6. The van der Waals surface area contributed by atoms with E-state index in [1.165, 1.54) is 32.6 Å². The molecule has 0 amide bonds. The summed E-state index contributed by atoms with van der Waals surface area (Å²) in [6.07, 6.45) is 1.35. The molecule has 1 rings (SSSR count). The van der Waals surface area contributed by atoms with Gasteiger partial charge in [-0.25, -0.2) is 0 Å². The largest absolute Gasteiger partial charge is 0.316 e. The van der Waals surface area contributed by atoms with Crippen LogP contribution >= 0.6 is 0 Å². The molecule has 0 radical (unpaired) electrons. The Labute approximate surface area is 95.2 Å². The van der Waals surface area contributed by atoms with Gasteiger partial charge in [-0.3, -0.25) is 0 Å². The van der Waals surface area contributed by atoms with E-state index < -0.39 is 0 Å². The Kier molecular flexibility index (Phi) is 5.62. The van der Waals surface area contributed by atoms with Crippen LogP contribution in [0.2, 0.25) is 0 Å². The fourth-order valence-corrected chi connectivity index (χ4v) is 2.58. The third-order valence-corrected chi connectivity index (χ3v) is 3.69. The van der Waals surface area contributed by atoms with Gasteiger partial charge in [0.1, 0.15) is 0 Å². The molecule has 15 heavy (non-hydrogen) atoms. The average Bonchev–Trinajstić information content (AvgIpc) is 2.63. The molecule has 90 valence electrons. The highest BCUT2D eigenvalue weighted by molar-refractivity contribution is 4.75. The number of nitrogens with one attached hydrogen (secondary N) is 2. The quantitative estimate of drug-likeness (QED) is 0.705. The molecule has 1 fully saturated rings. The first-order valence-electron chi connectivity index (χ1n) is 6.52. The summed E-state index contributed by atoms with van der Waals surface area (Å²) in [6, 6.07) is 0. The smallest absolute Gasteiger partial charge is 0.000778 e. The van der Waals surface area contributed by atoms with Crippen molar-refractivity contribution >= 4 is 0 Å². The van der Waals surface area contributed by atoms with Crippen molar-refractivity contribution in [3.63, 3.8) is 0 Å². The Bertz CT molecular complexity index is 152. The van der Waals surface area contributed by atoms with E-state index in [1.54, 1.807) is 0 Å². The van der Waals surface area contributed by atoms with Crippen LogP contribution in [0.5, 0.6) is 0 Å². The fourth-order valence-electron chi connectivity index (χ4n) is 2.58. The summed E-state index contributed by atoms with van der Waals surface area (Å²) in [5.74, 6) is 3.27. The van der Waals surface area contributed by atoms with Gasteiger partial charge in [0.15, 0.2) is 0 Å². The molecule has 1 aliphatic heterocycles. The van der Waals surface area contributed by atoms with Crippen molar-refractivity contribution in [2.75, 3.05) is 26.2 Å². The lowest BCUT2D eigenvalue weighted by Crippen LogP contribution is -2.33. The summed E-state index contributed by atoms with van der Waals surface area (Å²) in [5, 5.41) is 7.07. The minimum Gasteiger partial charge on any atom is -0.316 e. The van der Waals surface area contributed by atoms with Gasteiger partial charge in [0.25, 0.3) is 0 Å². The molecular formula is C13H28N2. The molecule has 2 heteroatoms. The van der Waals surface area contributed by atoms with Crippen LogP contribution in [0.4, 0.5) is 0 Å². The predicted molar refractivity (Wildman–Crippen MR) is 67.0 cm³/mol. The van der Waals surface area contributed by atoms with Crippen molar-refractivity contribution < 1.29 is 0 Å². The molecule has 1 heterocycles. The Morgan fingerprint density at radius 2 is 1.87 bits per heavy atom. The second-order valence-electron chi connectivity index (χ2n) is 5.67. The van der Waals surface area contributed by atoms with E-state index in [9.17, 15) is 0 Å². The monoisotopic (exact) mass is 212 g/mol. The minimum absolute atomic E-state index is 0.791. The van der Waals surface area contributed by atoms with Crippen LogP contribution in [0.25, 0.3) is 0 Å². The predicted octanol–water partition coefficient (Wildman–Crippen LogP) is 2.11. The molecule has 1 atom stereocenters. The molecule has 0 saturated carbocycles. The second-order valence-corrected chi connectivity index (χ2v) is 5.67. The van der Waals surface area contributed by atoms with E-state index in [2.05, 4.69) is 38.3 Å². The maximum absolute atomic E-state index is 3.65. The van der Waals surface area contributed by atoms with E-state index in [0.717, 1.165) is 23.7 Å². The Balaban J connectivity index is 2.15. The van der Waals surface area contributed by atoms with Gasteiger partial charge in [-0.15, -0.1) is 0 Å². The lowest BCUT2D eigenvalue weighted by molar-refractivity contribution is 0.271. The molecule has 0 aromatic heterocycles. The molecule has 0 aliphatic carbocycles. The highest BCUT2D eigenvalue weighted by Crippen LogP contribution is 2.19. The first-order valence-corrected chi connectivity index (χ1v) is 6.52. The van der Waals surface area contributed by atoms with Gasteiger partial charge in [-0.05, 0) is 56.3 Å². The molecule has 1 saturated heterocycles. The number of hydrogen-bond donors (Lipinski definition) is 2. The molecule has 2 N–H and O–H groups in total. The van der Waals surface area contributed by atoms with Crippen LogP contribution < -0.4 is 10.6 Å². The highest BCUT2D eigenvalue weighted by atomic mass is 14.9. The number of hydrogen-bond acceptors (Lipinski definition) is 2. The van der Waals surface area contributed by atoms with Crippen molar-refractivity contribution in [1.82, 2.24) is 10.6 Å². The van der Waals surface area contributed by atoms with Gasteiger partial charge < -0.3 is 10.6 Å². The van der Waals surface area contributed by atoms with Gasteiger partial charge in [0.05, 0.1) is 0 Å². The maximum atomic E-state index is 3.65. The third-order valence-electron chi connectivity index (χ3n) is 3.69. The zero-order valence-electron chi connectivity index (χ0n) is 10.8. The first-order chi connectivity index (χ1) is 7.11. The summed E-state index contributed by atoms with van der Waals surface area (Å²) in [6.45, 7) is 14.2. The summed E-state index contributed by atoms with van der Waals surface area (Å²) < 4.78 is 0. The van der Waals surface area contributed by atoms with Crippen molar-refractivity contribution in [2.24, 2.45) is 23.7 Å². The zero-order chi connectivity index (χ0) is 11.3. The molecule has 1 aliphatic rings. The van der Waals surface area contributed by atoms with Crippen molar-refractivity contribution in [3.05, 3.63) is 0 Å².